The van der Waals surface area contributed by atoms with Crippen LogP contribution in [0.15, 0.2) is 16.2 Å². The van der Waals surface area contributed by atoms with Gasteiger partial charge in [0.05, 0.1) is 12.1 Å². The van der Waals surface area contributed by atoms with Crippen LogP contribution in [0.5, 0.6) is 0 Å². The molecular weight excluding hydrogens is 298 g/mol. The highest BCUT2D eigenvalue weighted by Crippen LogP contribution is 2.19. The topological polar surface area (TPSA) is 86.3 Å². The highest BCUT2D eigenvalue weighted by atomic mass is 32.2. The molecule has 1 aliphatic heterocycles. The molecule has 0 amide bonds. The summed E-state index contributed by atoms with van der Waals surface area (Å²) in [5.41, 5.74) is 0.519. The lowest BCUT2D eigenvalue weighted by atomic mass is 10.2. The maximum atomic E-state index is 11.9. The maximum absolute atomic E-state index is 11.9. The highest BCUT2D eigenvalue weighted by Gasteiger charge is 2.29. The van der Waals surface area contributed by atoms with Crippen LogP contribution in [0.2, 0.25) is 0 Å². The van der Waals surface area contributed by atoms with E-state index in [2.05, 4.69) is 9.97 Å². The quantitative estimate of drug-likeness (QED) is 0.879. The number of nitrogens with zero attached hydrogens (tertiary/aromatic N) is 2. The van der Waals surface area contributed by atoms with Gasteiger partial charge < -0.3 is 10.1 Å². The molecular formula is C12H13N3O3S2. The standard InChI is InChI=1S/C12H13N3O3S2/c16-11-10-7(1-3-20-10)13-9(14-11)5-15-2-4-19-6-8(15)12(17)18/h1,3,8H,2,4-6H2,(H,17,18)(H,13,14,16). The molecule has 0 aromatic carbocycles. The molecule has 3 heterocycles. The first-order valence-corrected chi connectivity index (χ1v) is 8.19. The first-order chi connectivity index (χ1) is 9.65. The number of thiophene rings is 1. The van der Waals surface area contributed by atoms with Crippen molar-refractivity contribution in [1.29, 1.82) is 0 Å². The van der Waals surface area contributed by atoms with Gasteiger partial charge in [-0.15, -0.1) is 11.3 Å². The van der Waals surface area contributed by atoms with Gasteiger partial charge in [0, 0.05) is 18.1 Å². The lowest BCUT2D eigenvalue weighted by Crippen LogP contribution is -2.47. The number of aromatic nitrogens is 2. The Balaban J connectivity index is 1.87. The number of nitrogens with one attached hydrogen (secondary N) is 1. The Morgan fingerprint density at radius 3 is 3.25 bits per heavy atom. The normalized spacial score (nSPS) is 20.3. The van der Waals surface area contributed by atoms with Crippen molar-refractivity contribution in [2.45, 2.75) is 12.6 Å². The summed E-state index contributed by atoms with van der Waals surface area (Å²) in [5, 5.41) is 11.1. The van der Waals surface area contributed by atoms with Crippen molar-refractivity contribution in [3.05, 3.63) is 27.6 Å². The molecule has 0 bridgehead atoms. The molecule has 1 unspecified atom stereocenters. The molecule has 2 aromatic rings. The van der Waals surface area contributed by atoms with Gasteiger partial charge in [0.1, 0.15) is 16.6 Å². The fraction of sp³-hybridized carbons (Fsp3) is 0.417. The number of fused-ring (bicyclic) bond motifs is 1. The van der Waals surface area contributed by atoms with Gasteiger partial charge in [0.15, 0.2) is 0 Å². The summed E-state index contributed by atoms with van der Waals surface area (Å²) in [6.07, 6.45) is 0. The average molecular weight is 311 g/mol. The number of thioether (sulfide) groups is 1. The first-order valence-electron chi connectivity index (χ1n) is 6.16. The summed E-state index contributed by atoms with van der Waals surface area (Å²) in [6.45, 7) is 1.05. The zero-order valence-electron chi connectivity index (χ0n) is 10.5. The molecule has 2 aromatic heterocycles. The van der Waals surface area contributed by atoms with Crippen molar-refractivity contribution in [2.24, 2.45) is 0 Å². The molecule has 0 radical (unpaired) electrons. The van der Waals surface area contributed by atoms with Crippen LogP contribution in [0.25, 0.3) is 10.2 Å². The van der Waals surface area contributed by atoms with Crippen LogP contribution in [-0.2, 0) is 11.3 Å². The van der Waals surface area contributed by atoms with Crippen LogP contribution in [0.4, 0.5) is 0 Å². The first kappa shape index (κ1) is 13.6. The van der Waals surface area contributed by atoms with E-state index in [1.807, 2.05) is 10.3 Å². The monoisotopic (exact) mass is 311 g/mol. The number of aliphatic carboxylic acids is 1. The Morgan fingerprint density at radius 2 is 2.45 bits per heavy atom. The van der Waals surface area contributed by atoms with Gasteiger partial charge in [0.25, 0.3) is 5.56 Å². The summed E-state index contributed by atoms with van der Waals surface area (Å²) in [7, 11) is 0. The Morgan fingerprint density at radius 1 is 1.60 bits per heavy atom. The van der Waals surface area contributed by atoms with Gasteiger partial charge >= 0.3 is 5.97 Å². The summed E-state index contributed by atoms with van der Waals surface area (Å²) in [5.74, 6) is 1.17. The van der Waals surface area contributed by atoms with Gasteiger partial charge in [-0.05, 0) is 11.4 Å². The molecule has 1 atom stereocenters. The molecule has 3 rings (SSSR count). The predicted molar refractivity (Wildman–Crippen MR) is 79.4 cm³/mol. The number of carbonyl (C=O) groups is 1. The fourth-order valence-corrected chi connectivity index (χ4v) is 4.08. The Labute approximate surface area is 122 Å². The van der Waals surface area contributed by atoms with Crippen molar-refractivity contribution in [3.8, 4) is 0 Å². The lowest BCUT2D eigenvalue weighted by molar-refractivity contribution is -0.142. The molecule has 1 saturated heterocycles. The predicted octanol–water partition coefficient (Wildman–Crippen LogP) is 0.987. The second-order valence-electron chi connectivity index (χ2n) is 4.55. The van der Waals surface area contributed by atoms with Crippen molar-refractivity contribution in [1.82, 2.24) is 14.9 Å². The Bertz CT molecular complexity index is 697. The van der Waals surface area contributed by atoms with Crippen LogP contribution in [0.1, 0.15) is 5.82 Å². The van der Waals surface area contributed by atoms with Crippen LogP contribution >= 0.6 is 23.1 Å². The molecule has 0 aliphatic carbocycles. The Hall–Kier alpha value is -1.38. The third kappa shape index (κ3) is 2.58. The lowest BCUT2D eigenvalue weighted by Gasteiger charge is -2.31. The molecule has 0 saturated carbocycles. The van der Waals surface area contributed by atoms with E-state index in [0.717, 1.165) is 5.75 Å². The molecule has 8 heteroatoms. The highest BCUT2D eigenvalue weighted by molar-refractivity contribution is 7.99. The maximum Gasteiger partial charge on any atom is 0.321 e. The van der Waals surface area contributed by atoms with E-state index in [1.54, 1.807) is 17.8 Å². The third-order valence-corrected chi connectivity index (χ3v) is 5.17. The van der Waals surface area contributed by atoms with E-state index < -0.39 is 12.0 Å². The second kappa shape index (κ2) is 5.55. The Kier molecular flexibility index (Phi) is 3.77. The average Bonchev–Trinajstić information content (AvgIpc) is 2.88. The minimum atomic E-state index is -0.823. The van der Waals surface area contributed by atoms with Crippen LogP contribution < -0.4 is 5.56 Å². The molecule has 6 nitrogen and oxygen atoms in total. The number of rotatable bonds is 3. The zero-order valence-corrected chi connectivity index (χ0v) is 12.2. The van der Waals surface area contributed by atoms with Gasteiger partial charge in [-0.3, -0.25) is 14.5 Å². The SMILES string of the molecule is O=C(O)C1CSCCN1Cc1nc2ccsc2c(=O)[nH]1. The molecule has 1 aliphatic rings. The van der Waals surface area contributed by atoms with E-state index in [9.17, 15) is 14.7 Å². The summed E-state index contributed by atoms with van der Waals surface area (Å²) >= 11 is 3.00. The number of carboxylic acid groups (broad SMARTS) is 1. The van der Waals surface area contributed by atoms with E-state index >= 15 is 0 Å². The van der Waals surface area contributed by atoms with Crippen LogP contribution in [0, 0.1) is 0 Å². The minimum Gasteiger partial charge on any atom is -0.480 e. The van der Waals surface area contributed by atoms with E-state index in [-0.39, 0.29) is 5.56 Å². The molecule has 106 valence electrons. The third-order valence-electron chi connectivity index (χ3n) is 3.24. The van der Waals surface area contributed by atoms with Gasteiger partial charge in [-0.1, -0.05) is 0 Å². The van der Waals surface area contributed by atoms with Crippen molar-refractivity contribution >= 4 is 39.3 Å². The number of hydrogen-bond donors (Lipinski definition) is 2. The van der Waals surface area contributed by atoms with E-state index in [0.29, 0.717) is 34.9 Å². The minimum absolute atomic E-state index is 0.154. The number of H-pyrrole nitrogens is 1. The molecule has 1 fully saturated rings. The molecule has 0 spiro atoms. The summed E-state index contributed by atoms with van der Waals surface area (Å²) < 4.78 is 0.609. The number of aromatic amines is 1. The fourth-order valence-electron chi connectivity index (χ4n) is 2.24. The van der Waals surface area contributed by atoms with Crippen molar-refractivity contribution in [2.75, 3.05) is 18.1 Å². The van der Waals surface area contributed by atoms with Crippen LogP contribution in [-0.4, -0.2) is 50.0 Å². The van der Waals surface area contributed by atoms with Crippen molar-refractivity contribution < 1.29 is 9.90 Å². The van der Waals surface area contributed by atoms with E-state index in [1.165, 1.54) is 11.3 Å². The van der Waals surface area contributed by atoms with Crippen LogP contribution in [0.3, 0.4) is 0 Å². The van der Waals surface area contributed by atoms with E-state index in [4.69, 9.17) is 0 Å². The second-order valence-corrected chi connectivity index (χ2v) is 6.61. The number of hydrogen-bond acceptors (Lipinski definition) is 6. The van der Waals surface area contributed by atoms with Crippen molar-refractivity contribution in [3.63, 3.8) is 0 Å². The largest absolute Gasteiger partial charge is 0.480 e. The number of carboxylic acids is 1. The molecule has 20 heavy (non-hydrogen) atoms. The van der Waals surface area contributed by atoms with Gasteiger partial charge in [-0.25, -0.2) is 4.98 Å². The zero-order chi connectivity index (χ0) is 14.1. The smallest absolute Gasteiger partial charge is 0.321 e. The molecule has 2 N–H and O–H groups in total. The van der Waals surface area contributed by atoms with Gasteiger partial charge in [0.2, 0.25) is 0 Å². The summed E-state index contributed by atoms with van der Waals surface area (Å²) in [4.78, 5) is 32.1. The van der Waals surface area contributed by atoms with Gasteiger partial charge in [-0.2, -0.15) is 11.8 Å². The summed E-state index contributed by atoms with van der Waals surface area (Å²) in [6, 6.07) is 1.29.